The van der Waals surface area contributed by atoms with E-state index in [1.165, 1.54) is 4.90 Å². The van der Waals surface area contributed by atoms with Crippen LogP contribution in [0.3, 0.4) is 0 Å². The molecule has 138 valence electrons. The van der Waals surface area contributed by atoms with Gasteiger partial charge in [-0.3, -0.25) is 14.6 Å². The third kappa shape index (κ3) is 6.13. The normalized spacial score (nSPS) is 11.7. The van der Waals surface area contributed by atoms with Gasteiger partial charge in [0.05, 0.1) is 6.04 Å². The maximum atomic E-state index is 12.7. The zero-order valence-corrected chi connectivity index (χ0v) is 15.4. The summed E-state index contributed by atoms with van der Waals surface area (Å²) in [7, 11) is 0. The second-order valence-electron chi connectivity index (χ2n) is 6.01. The number of aromatic nitrogens is 1. The Bertz CT molecular complexity index is 722. The summed E-state index contributed by atoms with van der Waals surface area (Å²) in [5.41, 5.74) is 7.43. The number of nitrogens with one attached hydrogen (secondary N) is 1. The fourth-order valence-electron chi connectivity index (χ4n) is 2.50. The molecule has 1 unspecified atom stereocenters. The Morgan fingerprint density at radius 2 is 2.00 bits per heavy atom. The number of halogens is 1. The van der Waals surface area contributed by atoms with Crippen LogP contribution >= 0.6 is 11.6 Å². The minimum atomic E-state index is -0.625. The minimum absolute atomic E-state index is 0.0895. The molecule has 2 amide bonds. The summed E-state index contributed by atoms with van der Waals surface area (Å²) in [6.45, 7) is 2.15. The molecule has 0 bridgehead atoms. The second-order valence-corrected chi connectivity index (χ2v) is 6.44. The van der Waals surface area contributed by atoms with Gasteiger partial charge in [-0.15, -0.1) is 0 Å². The molecule has 1 aromatic carbocycles. The molecule has 0 saturated carbocycles. The SMILES string of the molecule is CCCC(N)C(=O)N(CC(=O)Nc1ccc(Cl)cc1)Cc1cccnc1. The number of carbonyl (C=O) groups excluding carboxylic acids is 2. The van der Waals surface area contributed by atoms with Crippen LogP contribution in [0, 0.1) is 0 Å². The highest BCUT2D eigenvalue weighted by Gasteiger charge is 2.23. The van der Waals surface area contributed by atoms with Crippen LogP contribution in [0.5, 0.6) is 0 Å². The van der Waals surface area contributed by atoms with E-state index in [-0.39, 0.29) is 24.9 Å². The maximum absolute atomic E-state index is 12.7. The van der Waals surface area contributed by atoms with Gasteiger partial charge in [-0.2, -0.15) is 0 Å². The van der Waals surface area contributed by atoms with Crippen molar-refractivity contribution in [2.24, 2.45) is 5.73 Å². The molecule has 0 aliphatic carbocycles. The molecule has 0 aliphatic rings. The average Bonchev–Trinajstić information content (AvgIpc) is 2.63. The van der Waals surface area contributed by atoms with Crippen LogP contribution in [0.25, 0.3) is 0 Å². The van der Waals surface area contributed by atoms with E-state index in [9.17, 15) is 9.59 Å². The van der Waals surface area contributed by atoms with Gasteiger partial charge in [0, 0.05) is 29.6 Å². The van der Waals surface area contributed by atoms with Crippen molar-refractivity contribution in [3.05, 3.63) is 59.4 Å². The van der Waals surface area contributed by atoms with Crippen LogP contribution in [0.4, 0.5) is 5.69 Å². The quantitative estimate of drug-likeness (QED) is 0.743. The molecule has 6 nitrogen and oxygen atoms in total. The van der Waals surface area contributed by atoms with Crippen molar-refractivity contribution in [3.8, 4) is 0 Å². The summed E-state index contributed by atoms with van der Waals surface area (Å²) >= 11 is 5.84. The van der Waals surface area contributed by atoms with Crippen molar-refractivity contribution < 1.29 is 9.59 Å². The number of anilines is 1. The lowest BCUT2D eigenvalue weighted by Crippen LogP contribution is -2.46. The van der Waals surface area contributed by atoms with Crippen molar-refractivity contribution in [2.75, 3.05) is 11.9 Å². The molecular weight excluding hydrogens is 352 g/mol. The standard InChI is InChI=1S/C19H23ClN4O2/c1-2-4-17(21)19(26)24(12-14-5-3-10-22-11-14)13-18(25)23-16-8-6-15(20)7-9-16/h3,5-11,17H,2,4,12-13,21H2,1H3,(H,23,25). The van der Waals surface area contributed by atoms with E-state index in [0.29, 0.717) is 17.1 Å². The van der Waals surface area contributed by atoms with Crippen molar-refractivity contribution in [1.82, 2.24) is 9.88 Å². The minimum Gasteiger partial charge on any atom is -0.328 e. The van der Waals surface area contributed by atoms with E-state index in [4.69, 9.17) is 17.3 Å². The maximum Gasteiger partial charge on any atom is 0.244 e. The summed E-state index contributed by atoms with van der Waals surface area (Å²) < 4.78 is 0. The zero-order valence-electron chi connectivity index (χ0n) is 14.7. The predicted octanol–water partition coefficient (Wildman–Crippen LogP) is 2.83. The van der Waals surface area contributed by atoms with E-state index < -0.39 is 6.04 Å². The summed E-state index contributed by atoms with van der Waals surface area (Å²) in [4.78, 5) is 30.6. The first kappa shape index (κ1) is 19.9. The summed E-state index contributed by atoms with van der Waals surface area (Å²) in [6, 6.07) is 9.81. The van der Waals surface area contributed by atoms with Gasteiger partial charge in [-0.1, -0.05) is 31.0 Å². The molecule has 0 radical (unpaired) electrons. The summed E-state index contributed by atoms with van der Waals surface area (Å²) in [6.07, 6.45) is 4.69. The molecule has 2 aromatic rings. The van der Waals surface area contributed by atoms with E-state index in [1.54, 1.807) is 42.7 Å². The molecule has 26 heavy (non-hydrogen) atoms. The van der Waals surface area contributed by atoms with Gasteiger partial charge in [-0.05, 0) is 42.3 Å². The Kier molecular flexibility index (Phi) is 7.56. The van der Waals surface area contributed by atoms with Crippen molar-refractivity contribution >= 4 is 29.1 Å². The van der Waals surface area contributed by atoms with E-state index >= 15 is 0 Å². The lowest BCUT2D eigenvalue weighted by Gasteiger charge is -2.25. The third-order valence-electron chi connectivity index (χ3n) is 3.79. The molecule has 0 spiro atoms. The Morgan fingerprint density at radius 3 is 2.62 bits per heavy atom. The second kappa shape index (κ2) is 9.89. The number of hydrogen-bond acceptors (Lipinski definition) is 4. The van der Waals surface area contributed by atoms with Gasteiger partial charge < -0.3 is 16.0 Å². The molecule has 2 rings (SSSR count). The summed E-state index contributed by atoms with van der Waals surface area (Å²) in [5.74, 6) is -0.546. The number of amides is 2. The fraction of sp³-hybridized carbons (Fsp3) is 0.316. The molecule has 0 saturated heterocycles. The van der Waals surface area contributed by atoms with Crippen molar-refractivity contribution in [3.63, 3.8) is 0 Å². The Hall–Kier alpha value is -2.44. The van der Waals surface area contributed by atoms with Crippen LogP contribution in [-0.4, -0.2) is 34.3 Å². The van der Waals surface area contributed by atoms with Crippen LogP contribution in [0.2, 0.25) is 5.02 Å². The van der Waals surface area contributed by atoms with E-state index in [0.717, 1.165) is 12.0 Å². The number of nitrogens with two attached hydrogens (primary N) is 1. The monoisotopic (exact) mass is 374 g/mol. The highest BCUT2D eigenvalue weighted by Crippen LogP contribution is 2.14. The van der Waals surface area contributed by atoms with Crippen LogP contribution in [0.15, 0.2) is 48.8 Å². The van der Waals surface area contributed by atoms with Gasteiger partial charge in [0.1, 0.15) is 6.54 Å². The lowest BCUT2D eigenvalue weighted by atomic mass is 10.1. The van der Waals surface area contributed by atoms with Crippen molar-refractivity contribution in [2.45, 2.75) is 32.4 Å². The molecule has 3 N–H and O–H groups in total. The fourth-order valence-corrected chi connectivity index (χ4v) is 2.63. The predicted molar refractivity (Wildman–Crippen MR) is 103 cm³/mol. The molecular formula is C19H23ClN4O2. The molecule has 7 heteroatoms. The van der Waals surface area contributed by atoms with E-state index in [1.807, 2.05) is 13.0 Å². The molecule has 1 heterocycles. The zero-order chi connectivity index (χ0) is 18.9. The highest BCUT2D eigenvalue weighted by atomic mass is 35.5. The number of nitrogens with zero attached hydrogens (tertiary/aromatic N) is 2. The number of hydrogen-bond donors (Lipinski definition) is 2. The average molecular weight is 375 g/mol. The molecule has 1 atom stereocenters. The van der Waals surface area contributed by atoms with Crippen molar-refractivity contribution in [1.29, 1.82) is 0 Å². The molecule has 0 fully saturated rings. The number of rotatable bonds is 8. The summed E-state index contributed by atoms with van der Waals surface area (Å²) in [5, 5.41) is 3.35. The van der Waals surface area contributed by atoms with Gasteiger partial charge >= 0.3 is 0 Å². The number of benzene rings is 1. The van der Waals surface area contributed by atoms with Gasteiger partial charge in [0.25, 0.3) is 0 Å². The van der Waals surface area contributed by atoms with Crippen LogP contribution in [-0.2, 0) is 16.1 Å². The first-order valence-electron chi connectivity index (χ1n) is 8.48. The first-order chi connectivity index (χ1) is 12.5. The van der Waals surface area contributed by atoms with Gasteiger partial charge in [0.2, 0.25) is 11.8 Å². The Balaban J connectivity index is 2.07. The molecule has 1 aromatic heterocycles. The first-order valence-corrected chi connectivity index (χ1v) is 8.86. The number of pyridine rings is 1. The smallest absolute Gasteiger partial charge is 0.244 e. The lowest BCUT2D eigenvalue weighted by molar-refractivity contribution is -0.136. The van der Waals surface area contributed by atoms with Crippen LogP contribution in [0.1, 0.15) is 25.3 Å². The number of carbonyl (C=O) groups is 2. The van der Waals surface area contributed by atoms with Gasteiger partial charge in [0.15, 0.2) is 0 Å². The highest BCUT2D eigenvalue weighted by molar-refractivity contribution is 6.30. The topological polar surface area (TPSA) is 88.3 Å². The third-order valence-corrected chi connectivity index (χ3v) is 4.04. The Labute approximate surface area is 158 Å². The van der Waals surface area contributed by atoms with Gasteiger partial charge in [-0.25, -0.2) is 0 Å². The largest absolute Gasteiger partial charge is 0.328 e. The van der Waals surface area contributed by atoms with Crippen LogP contribution < -0.4 is 11.1 Å². The Morgan fingerprint density at radius 1 is 1.27 bits per heavy atom. The molecule has 0 aliphatic heterocycles. The van der Waals surface area contributed by atoms with E-state index in [2.05, 4.69) is 10.3 Å².